The lowest BCUT2D eigenvalue weighted by molar-refractivity contribution is -0.113. The molecule has 3 rings (SSSR count). The number of benzene rings is 1. The van der Waals surface area contributed by atoms with E-state index in [1.54, 1.807) is 23.5 Å². The quantitative estimate of drug-likeness (QED) is 0.545. The molecule has 0 radical (unpaired) electrons. The van der Waals surface area contributed by atoms with Crippen molar-refractivity contribution in [3.63, 3.8) is 0 Å². The Kier molecular flexibility index (Phi) is 4.68. The van der Waals surface area contributed by atoms with Crippen LogP contribution < -0.4 is 11.1 Å². The van der Waals surface area contributed by atoms with Gasteiger partial charge in [-0.15, -0.1) is 11.3 Å². The Labute approximate surface area is 146 Å². The zero-order valence-electron chi connectivity index (χ0n) is 13.1. The van der Waals surface area contributed by atoms with E-state index in [0.717, 1.165) is 20.7 Å². The zero-order valence-corrected chi connectivity index (χ0v) is 14.7. The third-order valence-electron chi connectivity index (χ3n) is 3.52. The standard InChI is InChI=1S/C16H15FN4OS2/c1-8-9(2)24-15-13(8)14(18)20-16(21-15)23-7-12(22)19-11-6-4-3-5-10(11)17/h3-6H,7H2,1-2H3,(H,19,22)(H2,18,20,21). The number of thiophene rings is 1. The highest BCUT2D eigenvalue weighted by molar-refractivity contribution is 7.99. The molecule has 24 heavy (non-hydrogen) atoms. The van der Waals surface area contributed by atoms with Gasteiger partial charge in [-0.3, -0.25) is 4.79 Å². The number of hydrogen-bond donors (Lipinski definition) is 2. The number of halogens is 1. The fraction of sp³-hybridized carbons (Fsp3) is 0.188. The van der Waals surface area contributed by atoms with Gasteiger partial charge in [0.25, 0.3) is 0 Å². The Balaban J connectivity index is 1.71. The molecular formula is C16H15FN4OS2. The van der Waals surface area contributed by atoms with Gasteiger partial charge in [-0.05, 0) is 31.5 Å². The number of nitrogen functional groups attached to an aromatic ring is 1. The van der Waals surface area contributed by atoms with E-state index in [2.05, 4.69) is 15.3 Å². The molecule has 0 saturated heterocycles. The van der Waals surface area contributed by atoms with Crippen molar-refractivity contribution in [2.24, 2.45) is 0 Å². The van der Waals surface area contributed by atoms with Crippen molar-refractivity contribution in [1.29, 1.82) is 0 Å². The number of anilines is 2. The Morgan fingerprint density at radius 1 is 1.33 bits per heavy atom. The summed E-state index contributed by atoms with van der Waals surface area (Å²) in [6, 6.07) is 6.03. The van der Waals surface area contributed by atoms with Gasteiger partial charge in [-0.2, -0.15) is 0 Å². The second-order valence-corrected chi connectivity index (χ2v) is 7.32. The maximum Gasteiger partial charge on any atom is 0.234 e. The molecule has 1 aromatic carbocycles. The fourth-order valence-electron chi connectivity index (χ4n) is 2.20. The smallest absolute Gasteiger partial charge is 0.234 e. The van der Waals surface area contributed by atoms with Crippen LogP contribution in [0.1, 0.15) is 10.4 Å². The summed E-state index contributed by atoms with van der Waals surface area (Å²) in [4.78, 5) is 22.6. The Morgan fingerprint density at radius 3 is 2.83 bits per heavy atom. The molecular weight excluding hydrogens is 347 g/mol. The van der Waals surface area contributed by atoms with Gasteiger partial charge in [0.05, 0.1) is 16.8 Å². The number of nitrogens with two attached hydrogens (primary N) is 1. The van der Waals surface area contributed by atoms with Crippen LogP contribution in [0.2, 0.25) is 0 Å². The molecule has 2 heterocycles. The summed E-state index contributed by atoms with van der Waals surface area (Å²) in [5.74, 6) is -0.310. The summed E-state index contributed by atoms with van der Waals surface area (Å²) in [6.07, 6.45) is 0. The summed E-state index contributed by atoms with van der Waals surface area (Å²) in [6.45, 7) is 4.00. The lowest BCUT2D eigenvalue weighted by atomic mass is 10.2. The molecule has 0 aliphatic heterocycles. The number of para-hydroxylation sites is 1. The SMILES string of the molecule is Cc1sc2nc(SCC(=O)Nc3ccccc3F)nc(N)c2c1C. The molecule has 0 fully saturated rings. The first-order chi connectivity index (χ1) is 11.5. The number of nitrogens with zero attached hydrogens (tertiary/aromatic N) is 2. The van der Waals surface area contributed by atoms with E-state index in [9.17, 15) is 9.18 Å². The van der Waals surface area contributed by atoms with E-state index in [4.69, 9.17) is 5.73 Å². The number of aromatic nitrogens is 2. The van der Waals surface area contributed by atoms with Gasteiger partial charge in [0.1, 0.15) is 16.5 Å². The average molecular weight is 362 g/mol. The largest absolute Gasteiger partial charge is 0.383 e. The van der Waals surface area contributed by atoms with Gasteiger partial charge in [0, 0.05) is 4.88 Å². The zero-order chi connectivity index (χ0) is 17.3. The lowest BCUT2D eigenvalue weighted by Gasteiger charge is -2.06. The van der Waals surface area contributed by atoms with Crippen LogP contribution in [0.4, 0.5) is 15.9 Å². The van der Waals surface area contributed by atoms with Crippen LogP contribution in [-0.4, -0.2) is 21.6 Å². The van der Waals surface area contributed by atoms with Crippen molar-refractivity contribution in [2.45, 2.75) is 19.0 Å². The summed E-state index contributed by atoms with van der Waals surface area (Å²) >= 11 is 2.72. The monoisotopic (exact) mass is 362 g/mol. The maximum absolute atomic E-state index is 13.5. The molecule has 0 aliphatic rings. The Morgan fingerprint density at radius 2 is 2.08 bits per heavy atom. The van der Waals surface area contributed by atoms with E-state index in [1.165, 1.54) is 23.9 Å². The van der Waals surface area contributed by atoms with Crippen molar-refractivity contribution in [2.75, 3.05) is 16.8 Å². The Hall–Kier alpha value is -2.19. The van der Waals surface area contributed by atoms with Crippen LogP contribution in [0.15, 0.2) is 29.4 Å². The number of aryl methyl sites for hydroxylation is 2. The average Bonchev–Trinajstić information content (AvgIpc) is 2.82. The van der Waals surface area contributed by atoms with E-state index >= 15 is 0 Å². The number of nitrogens with one attached hydrogen (secondary N) is 1. The molecule has 8 heteroatoms. The van der Waals surface area contributed by atoms with E-state index in [-0.39, 0.29) is 17.3 Å². The van der Waals surface area contributed by atoms with Crippen LogP contribution in [-0.2, 0) is 4.79 Å². The first-order valence-electron chi connectivity index (χ1n) is 7.16. The van der Waals surface area contributed by atoms with Crippen molar-refractivity contribution in [1.82, 2.24) is 9.97 Å². The van der Waals surface area contributed by atoms with Crippen LogP contribution >= 0.6 is 23.1 Å². The summed E-state index contributed by atoms with van der Waals surface area (Å²) in [7, 11) is 0. The number of amides is 1. The van der Waals surface area contributed by atoms with Crippen LogP contribution in [0.25, 0.3) is 10.2 Å². The number of carbonyl (C=O) groups excluding carboxylic acids is 1. The second kappa shape index (κ2) is 6.74. The number of hydrogen-bond acceptors (Lipinski definition) is 6. The minimum absolute atomic E-state index is 0.0720. The lowest BCUT2D eigenvalue weighted by Crippen LogP contribution is -2.15. The van der Waals surface area contributed by atoms with Crippen molar-refractivity contribution in [3.8, 4) is 0 Å². The van der Waals surface area contributed by atoms with Gasteiger partial charge < -0.3 is 11.1 Å². The third-order valence-corrected chi connectivity index (χ3v) is 5.46. The second-order valence-electron chi connectivity index (χ2n) is 5.17. The highest BCUT2D eigenvalue weighted by Gasteiger charge is 2.14. The molecule has 0 spiro atoms. The van der Waals surface area contributed by atoms with Gasteiger partial charge in [-0.1, -0.05) is 23.9 Å². The number of carbonyl (C=O) groups is 1. The molecule has 0 saturated carbocycles. The molecule has 5 nitrogen and oxygen atoms in total. The first-order valence-corrected chi connectivity index (χ1v) is 8.96. The fourth-order valence-corrected chi connectivity index (χ4v) is 3.95. The highest BCUT2D eigenvalue weighted by Crippen LogP contribution is 2.33. The molecule has 1 amide bonds. The van der Waals surface area contributed by atoms with Crippen LogP contribution in [0, 0.1) is 19.7 Å². The van der Waals surface area contributed by atoms with Crippen molar-refractivity contribution < 1.29 is 9.18 Å². The summed E-state index contributed by atoms with van der Waals surface area (Å²) < 4.78 is 13.5. The van der Waals surface area contributed by atoms with E-state index in [0.29, 0.717) is 11.0 Å². The summed E-state index contributed by atoms with van der Waals surface area (Å²) in [5.41, 5.74) is 7.25. The molecule has 0 bridgehead atoms. The van der Waals surface area contributed by atoms with Gasteiger partial charge in [0.15, 0.2) is 5.16 Å². The van der Waals surface area contributed by atoms with Crippen LogP contribution in [0.5, 0.6) is 0 Å². The molecule has 3 N–H and O–H groups in total. The van der Waals surface area contributed by atoms with Crippen molar-refractivity contribution in [3.05, 3.63) is 40.5 Å². The van der Waals surface area contributed by atoms with E-state index < -0.39 is 5.82 Å². The molecule has 0 unspecified atom stereocenters. The van der Waals surface area contributed by atoms with Crippen LogP contribution in [0.3, 0.4) is 0 Å². The molecule has 3 aromatic rings. The van der Waals surface area contributed by atoms with Gasteiger partial charge in [-0.25, -0.2) is 14.4 Å². The summed E-state index contributed by atoms with van der Waals surface area (Å²) in [5, 5.41) is 3.83. The molecule has 124 valence electrons. The van der Waals surface area contributed by atoms with Gasteiger partial charge in [0.2, 0.25) is 5.91 Å². The predicted molar refractivity (Wildman–Crippen MR) is 97.1 cm³/mol. The van der Waals surface area contributed by atoms with Gasteiger partial charge >= 0.3 is 0 Å². The number of fused-ring (bicyclic) bond motifs is 1. The topological polar surface area (TPSA) is 80.9 Å². The minimum Gasteiger partial charge on any atom is -0.383 e. The first kappa shape index (κ1) is 16.7. The maximum atomic E-state index is 13.5. The Bertz CT molecular complexity index is 926. The number of thioether (sulfide) groups is 1. The molecule has 2 aromatic heterocycles. The molecule has 0 atom stereocenters. The normalized spacial score (nSPS) is 11.0. The highest BCUT2D eigenvalue weighted by atomic mass is 32.2. The number of rotatable bonds is 4. The third kappa shape index (κ3) is 3.34. The van der Waals surface area contributed by atoms with E-state index in [1.807, 2.05) is 13.8 Å². The molecule has 0 aliphatic carbocycles. The predicted octanol–water partition coefficient (Wildman–Crippen LogP) is 3.76. The van der Waals surface area contributed by atoms with Crippen molar-refractivity contribution >= 4 is 50.7 Å². The minimum atomic E-state index is -0.470.